The summed E-state index contributed by atoms with van der Waals surface area (Å²) in [6, 6.07) is 9.03. The van der Waals surface area contributed by atoms with Gasteiger partial charge in [0.05, 0.1) is 4.92 Å². The van der Waals surface area contributed by atoms with Crippen molar-refractivity contribution in [3.63, 3.8) is 0 Å². The van der Waals surface area contributed by atoms with E-state index in [2.05, 4.69) is 10.6 Å². The van der Waals surface area contributed by atoms with Crippen molar-refractivity contribution in [1.29, 1.82) is 0 Å². The second kappa shape index (κ2) is 7.11. The molecule has 0 aromatic heterocycles. The van der Waals surface area contributed by atoms with E-state index in [-0.39, 0.29) is 40.7 Å². The first-order valence-electron chi connectivity index (χ1n) is 8.47. The molecule has 1 atom stereocenters. The molecular formula is C19H20FN3O3. The number of amides is 1. The summed E-state index contributed by atoms with van der Waals surface area (Å²) in [5.41, 5.74) is 1.57. The van der Waals surface area contributed by atoms with E-state index in [1.165, 1.54) is 18.2 Å². The Kier molecular flexibility index (Phi) is 4.88. The Morgan fingerprint density at radius 2 is 2.00 bits per heavy atom. The highest BCUT2D eigenvalue weighted by Gasteiger charge is 2.25. The van der Waals surface area contributed by atoms with Gasteiger partial charge in [-0.05, 0) is 56.0 Å². The number of aryl methyl sites for hydroxylation is 1. The third-order valence-corrected chi connectivity index (χ3v) is 4.44. The molecule has 7 heteroatoms. The minimum Gasteiger partial charge on any atom is -0.373 e. The van der Waals surface area contributed by atoms with Crippen LogP contribution in [0.25, 0.3) is 0 Å². The summed E-state index contributed by atoms with van der Waals surface area (Å²) < 4.78 is 13.8. The van der Waals surface area contributed by atoms with Gasteiger partial charge in [0.25, 0.3) is 11.6 Å². The first-order valence-corrected chi connectivity index (χ1v) is 8.47. The van der Waals surface area contributed by atoms with Crippen molar-refractivity contribution in [2.75, 3.05) is 5.32 Å². The largest absolute Gasteiger partial charge is 0.373 e. The van der Waals surface area contributed by atoms with Gasteiger partial charge in [-0.15, -0.1) is 0 Å². The van der Waals surface area contributed by atoms with Gasteiger partial charge in [-0.1, -0.05) is 12.1 Å². The maximum absolute atomic E-state index is 13.8. The van der Waals surface area contributed by atoms with Crippen LogP contribution in [0.3, 0.4) is 0 Å². The van der Waals surface area contributed by atoms with Gasteiger partial charge in [0, 0.05) is 23.7 Å². The summed E-state index contributed by atoms with van der Waals surface area (Å²) in [5.74, 6) is -0.631. The molecule has 0 aliphatic heterocycles. The van der Waals surface area contributed by atoms with Crippen molar-refractivity contribution in [1.82, 2.24) is 5.32 Å². The number of hydrogen-bond donors (Lipinski definition) is 2. The van der Waals surface area contributed by atoms with Crippen LogP contribution in [0.5, 0.6) is 0 Å². The summed E-state index contributed by atoms with van der Waals surface area (Å²) >= 11 is 0. The summed E-state index contributed by atoms with van der Waals surface area (Å²) in [4.78, 5) is 23.0. The van der Waals surface area contributed by atoms with E-state index < -0.39 is 4.92 Å². The van der Waals surface area contributed by atoms with Crippen molar-refractivity contribution >= 4 is 17.3 Å². The first kappa shape index (κ1) is 17.8. The molecule has 0 bridgehead atoms. The number of nitro benzene ring substituents is 1. The van der Waals surface area contributed by atoms with Crippen molar-refractivity contribution in [3.8, 4) is 0 Å². The molecule has 0 radical (unpaired) electrons. The first-order chi connectivity index (χ1) is 12.3. The molecule has 1 amide bonds. The van der Waals surface area contributed by atoms with Gasteiger partial charge in [0.15, 0.2) is 0 Å². The lowest BCUT2D eigenvalue weighted by molar-refractivity contribution is -0.384. The number of carbonyl (C=O) groups excluding carboxylic acids is 1. The molecule has 2 aromatic carbocycles. The number of rotatable bonds is 6. The third-order valence-electron chi connectivity index (χ3n) is 4.44. The lowest BCUT2D eigenvalue weighted by Gasteiger charge is -2.17. The summed E-state index contributed by atoms with van der Waals surface area (Å²) in [7, 11) is 0. The fourth-order valence-corrected chi connectivity index (χ4v) is 2.64. The molecule has 26 heavy (non-hydrogen) atoms. The van der Waals surface area contributed by atoms with Crippen LogP contribution in [0.2, 0.25) is 0 Å². The minimum absolute atomic E-state index is 0.177. The van der Waals surface area contributed by atoms with E-state index in [1.54, 1.807) is 32.0 Å². The fourth-order valence-electron chi connectivity index (χ4n) is 2.64. The lowest BCUT2D eigenvalue weighted by Crippen LogP contribution is -2.25. The number of hydrogen-bond acceptors (Lipinski definition) is 4. The topological polar surface area (TPSA) is 84.3 Å². The highest BCUT2D eigenvalue weighted by Crippen LogP contribution is 2.30. The highest BCUT2D eigenvalue weighted by atomic mass is 19.1. The Hall–Kier alpha value is -2.96. The molecule has 0 heterocycles. The van der Waals surface area contributed by atoms with Crippen molar-refractivity contribution < 1.29 is 14.1 Å². The van der Waals surface area contributed by atoms with E-state index in [4.69, 9.17) is 0 Å². The predicted octanol–water partition coefficient (Wildman–Crippen LogP) is 4.11. The summed E-state index contributed by atoms with van der Waals surface area (Å²) in [6.45, 7) is 3.47. The standard InChI is InChI=1S/C19H20FN3O3/c1-11-3-4-13(9-16(11)20)12(2)21-17-8-5-14(10-18(17)23(25)26)19(24)22-15-6-7-15/h3-5,8-10,12,15,21H,6-7H2,1-2H3,(H,22,24). The Balaban J connectivity index is 1.82. The van der Waals surface area contributed by atoms with Crippen LogP contribution in [0.15, 0.2) is 36.4 Å². The minimum atomic E-state index is -0.529. The molecular weight excluding hydrogens is 337 g/mol. The molecule has 3 rings (SSSR count). The average molecular weight is 357 g/mol. The Bertz CT molecular complexity index is 865. The fraction of sp³-hybridized carbons (Fsp3) is 0.316. The molecule has 2 N–H and O–H groups in total. The quantitative estimate of drug-likeness (QED) is 0.602. The van der Waals surface area contributed by atoms with E-state index in [1.807, 2.05) is 0 Å². The summed E-state index contributed by atoms with van der Waals surface area (Å²) in [5, 5.41) is 17.3. The third kappa shape index (κ3) is 3.99. The van der Waals surface area contributed by atoms with E-state index in [0.717, 1.165) is 12.8 Å². The Morgan fingerprint density at radius 3 is 2.62 bits per heavy atom. The number of halogens is 1. The molecule has 1 aliphatic rings. The van der Waals surface area contributed by atoms with Gasteiger partial charge in [0.1, 0.15) is 11.5 Å². The molecule has 1 fully saturated rings. The molecule has 136 valence electrons. The maximum atomic E-state index is 13.8. The smallest absolute Gasteiger partial charge is 0.293 e. The van der Waals surface area contributed by atoms with Crippen LogP contribution in [0.1, 0.15) is 47.3 Å². The second-order valence-electron chi connectivity index (χ2n) is 6.61. The molecule has 6 nitrogen and oxygen atoms in total. The van der Waals surface area contributed by atoms with Crippen molar-refractivity contribution in [2.45, 2.75) is 38.8 Å². The molecule has 1 aliphatic carbocycles. The van der Waals surface area contributed by atoms with E-state index >= 15 is 0 Å². The maximum Gasteiger partial charge on any atom is 0.293 e. The zero-order valence-electron chi connectivity index (χ0n) is 14.6. The van der Waals surface area contributed by atoms with Gasteiger partial charge >= 0.3 is 0 Å². The van der Waals surface area contributed by atoms with Crippen LogP contribution < -0.4 is 10.6 Å². The second-order valence-corrected chi connectivity index (χ2v) is 6.61. The zero-order valence-corrected chi connectivity index (χ0v) is 14.6. The van der Waals surface area contributed by atoms with Gasteiger partial charge in [-0.3, -0.25) is 14.9 Å². The average Bonchev–Trinajstić information content (AvgIpc) is 3.41. The van der Waals surface area contributed by atoms with Crippen LogP contribution in [0.4, 0.5) is 15.8 Å². The van der Waals surface area contributed by atoms with Gasteiger partial charge in [0.2, 0.25) is 0 Å². The zero-order chi connectivity index (χ0) is 18.8. The number of nitro groups is 1. The van der Waals surface area contributed by atoms with Gasteiger partial charge < -0.3 is 10.6 Å². The summed E-state index contributed by atoms with van der Waals surface area (Å²) in [6.07, 6.45) is 1.89. The number of nitrogens with one attached hydrogen (secondary N) is 2. The van der Waals surface area contributed by atoms with Crippen LogP contribution in [-0.4, -0.2) is 16.9 Å². The SMILES string of the molecule is Cc1ccc(C(C)Nc2ccc(C(=O)NC3CC3)cc2[N+](=O)[O-])cc1F. The lowest BCUT2D eigenvalue weighted by atomic mass is 10.0. The van der Waals surface area contributed by atoms with Crippen LogP contribution >= 0.6 is 0 Å². The van der Waals surface area contributed by atoms with Gasteiger partial charge in [-0.2, -0.15) is 0 Å². The number of nitrogens with zero attached hydrogens (tertiary/aromatic N) is 1. The van der Waals surface area contributed by atoms with Crippen molar-refractivity contribution in [2.24, 2.45) is 0 Å². The molecule has 0 spiro atoms. The van der Waals surface area contributed by atoms with E-state index in [9.17, 15) is 19.3 Å². The molecule has 1 saturated carbocycles. The molecule has 0 saturated heterocycles. The number of anilines is 1. The monoisotopic (exact) mass is 357 g/mol. The normalized spacial score (nSPS) is 14.6. The van der Waals surface area contributed by atoms with Gasteiger partial charge in [-0.25, -0.2) is 4.39 Å². The van der Waals surface area contributed by atoms with Crippen molar-refractivity contribution in [3.05, 3.63) is 69.0 Å². The molecule has 1 unspecified atom stereocenters. The molecule has 2 aromatic rings. The van der Waals surface area contributed by atoms with Crippen LogP contribution in [-0.2, 0) is 0 Å². The Morgan fingerprint density at radius 1 is 1.27 bits per heavy atom. The number of carbonyl (C=O) groups is 1. The predicted molar refractivity (Wildman–Crippen MR) is 96.8 cm³/mol. The number of benzene rings is 2. The van der Waals surface area contributed by atoms with Crippen LogP contribution in [0, 0.1) is 22.9 Å². The highest BCUT2D eigenvalue weighted by molar-refractivity contribution is 5.96. The van der Waals surface area contributed by atoms with E-state index in [0.29, 0.717) is 11.1 Å². The Labute approximate surface area is 150 Å².